The summed E-state index contributed by atoms with van der Waals surface area (Å²) in [4.78, 5) is 7.78. The van der Waals surface area contributed by atoms with Crippen LogP contribution in [0.25, 0.3) is 53.6 Å². The molecule has 1 aromatic heterocycles. The van der Waals surface area contributed by atoms with Crippen molar-refractivity contribution in [1.29, 1.82) is 0 Å². The van der Waals surface area contributed by atoms with Crippen LogP contribution in [0.3, 0.4) is 0 Å². The second kappa shape index (κ2) is 15.3. The van der Waals surface area contributed by atoms with E-state index in [1.54, 1.807) is 0 Å². The molecule has 2 aliphatic heterocycles. The van der Waals surface area contributed by atoms with Crippen LogP contribution < -0.4 is 4.90 Å². The van der Waals surface area contributed by atoms with E-state index in [9.17, 15) is 0 Å². The number of benzene rings is 11. The zero-order valence-electron chi connectivity index (χ0n) is 38.8. The van der Waals surface area contributed by atoms with Gasteiger partial charge in [0, 0.05) is 46.4 Å². The van der Waals surface area contributed by atoms with Crippen LogP contribution in [0.15, 0.2) is 268 Å². The fraction of sp³-hybridized carbons (Fsp3) is 0.0294. The number of fused-ring (bicyclic) bond motifs is 21. The van der Waals surface area contributed by atoms with Crippen molar-refractivity contribution in [3.05, 3.63) is 293 Å². The molecule has 12 aromatic rings. The van der Waals surface area contributed by atoms with Crippen molar-refractivity contribution in [2.45, 2.75) is 30.4 Å². The largest absolute Gasteiger partial charge is 0.309 e. The fourth-order valence-electron chi connectivity index (χ4n) is 13.2. The van der Waals surface area contributed by atoms with E-state index in [1.807, 2.05) is 34.9 Å². The molecule has 0 atom stereocenters. The van der Waals surface area contributed by atoms with Gasteiger partial charge in [0.05, 0.1) is 21.2 Å². The predicted octanol–water partition coefficient (Wildman–Crippen LogP) is 18.8. The minimum Gasteiger partial charge on any atom is -0.309 e. The van der Waals surface area contributed by atoms with E-state index in [-0.39, 0.29) is 0 Å². The lowest BCUT2D eigenvalue weighted by Crippen LogP contribution is -2.32. The van der Waals surface area contributed by atoms with Crippen molar-refractivity contribution in [3.8, 4) is 33.4 Å². The summed E-state index contributed by atoms with van der Waals surface area (Å²) in [7, 11) is 0. The van der Waals surface area contributed by atoms with Crippen LogP contribution >= 0.6 is 34.9 Å². The Kier molecular flexibility index (Phi) is 8.69. The minimum atomic E-state index is -0.513. The highest BCUT2D eigenvalue weighted by molar-refractivity contribution is 7.99. The summed E-state index contributed by atoms with van der Waals surface area (Å²) in [5.41, 5.74) is 20.8. The highest BCUT2D eigenvalue weighted by Crippen LogP contribution is 2.65. The summed E-state index contributed by atoms with van der Waals surface area (Å²) in [5, 5.41) is 2.55. The maximum atomic E-state index is 2.59. The maximum absolute atomic E-state index is 2.59. The van der Waals surface area contributed by atoms with Crippen LogP contribution in [0.2, 0.25) is 0 Å². The van der Waals surface area contributed by atoms with Crippen molar-refractivity contribution >= 4 is 72.1 Å². The molecule has 11 aromatic carbocycles. The Hall–Kier alpha value is -7.86. The van der Waals surface area contributed by atoms with Crippen molar-refractivity contribution in [2.75, 3.05) is 4.90 Å². The third-order valence-corrected chi connectivity index (χ3v) is 19.5. The summed E-state index contributed by atoms with van der Waals surface area (Å²) < 4.78 is 2.55. The molecule has 4 heteroatoms. The molecule has 72 heavy (non-hydrogen) atoms. The quantitative estimate of drug-likeness (QED) is 0.173. The molecule has 0 fully saturated rings. The molecule has 16 rings (SSSR count). The smallest absolute Gasteiger partial charge is 0.0736 e. The average Bonchev–Trinajstić information content (AvgIpc) is 4.07. The van der Waals surface area contributed by atoms with Gasteiger partial charge >= 0.3 is 0 Å². The number of rotatable bonds is 4. The number of anilines is 3. The second-order valence-corrected chi connectivity index (χ2v) is 22.6. The van der Waals surface area contributed by atoms with E-state index in [4.69, 9.17) is 0 Å². The Labute approximate surface area is 431 Å². The molecule has 0 N–H and O–H groups in total. The lowest BCUT2D eigenvalue weighted by atomic mass is 9.67. The van der Waals surface area contributed by atoms with E-state index in [0.29, 0.717) is 0 Å². The molecule has 1 nitrogen and oxygen atoms in total. The zero-order chi connectivity index (χ0) is 47.1. The molecule has 336 valence electrons. The Bertz CT molecular complexity index is 3970. The van der Waals surface area contributed by atoms with Gasteiger partial charge in [0.25, 0.3) is 0 Å². The number of thiophene rings is 1. The summed E-state index contributed by atoms with van der Waals surface area (Å²) in [6, 6.07) is 94.3. The minimum absolute atomic E-state index is 0.513. The first-order valence-electron chi connectivity index (χ1n) is 24.7. The van der Waals surface area contributed by atoms with Crippen LogP contribution in [-0.4, -0.2) is 0 Å². The van der Waals surface area contributed by atoms with E-state index in [1.165, 1.54) is 123 Å². The molecular weight excluding hydrogens is 927 g/mol. The first kappa shape index (κ1) is 40.8. The maximum Gasteiger partial charge on any atom is 0.0736 e. The number of nitrogens with zero attached hydrogens (tertiary/aromatic N) is 1. The Morgan fingerprint density at radius 3 is 1.25 bits per heavy atom. The summed E-state index contributed by atoms with van der Waals surface area (Å²) in [6.07, 6.45) is 0. The molecule has 0 radical (unpaired) electrons. The van der Waals surface area contributed by atoms with Crippen molar-refractivity contribution in [1.82, 2.24) is 0 Å². The normalized spacial score (nSPS) is 14.5. The van der Waals surface area contributed by atoms with Gasteiger partial charge in [-0.05, 0) is 139 Å². The van der Waals surface area contributed by atoms with Gasteiger partial charge in [0.15, 0.2) is 0 Å². The van der Waals surface area contributed by atoms with Crippen molar-refractivity contribution in [3.63, 3.8) is 0 Å². The van der Waals surface area contributed by atoms with Gasteiger partial charge in [-0.1, -0.05) is 212 Å². The lowest BCUT2D eigenvalue weighted by Gasteiger charge is -2.41. The Morgan fingerprint density at radius 2 is 0.736 bits per heavy atom. The predicted molar refractivity (Wildman–Crippen MR) is 302 cm³/mol. The van der Waals surface area contributed by atoms with Crippen LogP contribution in [0.5, 0.6) is 0 Å². The van der Waals surface area contributed by atoms with Crippen LogP contribution in [0.4, 0.5) is 17.1 Å². The van der Waals surface area contributed by atoms with Crippen molar-refractivity contribution < 1.29 is 0 Å². The second-order valence-electron chi connectivity index (χ2n) is 19.4. The van der Waals surface area contributed by atoms with Gasteiger partial charge in [-0.3, -0.25) is 0 Å². The molecule has 3 heterocycles. The molecule has 0 saturated carbocycles. The molecular formula is C68H41NS3. The number of hydrogen-bond donors (Lipinski definition) is 0. The van der Waals surface area contributed by atoms with Crippen LogP contribution in [0, 0.1) is 0 Å². The molecule has 0 bridgehead atoms. The molecule has 2 spiro atoms. The third-order valence-electron chi connectivity index (χ3n) is 16.0. The molecule has 2 aliphatic carbocycles. The molecule has 0 saturated heterocycles. The first-order chi connectivity index (χ1) is 35.7. The fourth-order valence-corrected chi connectivity index (χ4v) is 16.8. The highest BCUT2D eigenvalue weighted by Gasteiger charge is 2.52. The number of hydrogen-bond acceptors (Lipinski definition) is 4. The van der Waals surface area contributed by atoms with Gasteiger partial charge in [0.1, 0.15) is 0 Å². The first-order valence-corrected chi connectivity index (χ1v) is 27.2. The zero-order valence-corrected chi connectivity index (χ0v) is 41.3. The van der Waals surface area contributed by atoms with Gasteiger partial charge in [-0.25, -0.2) is 0 Å². The molecule has 4 aliphatic rings. The standard InChI is InChI=1S/C68H41NS3/c1-2-17-42(18-3-1)43-33-36-50-51-23-16-30-60(66(51)72-65(50)39-43)69(44-34-37-63-58(40-44)67(56-28-12-14-31-61(56)70-63)52-24-8-4-19-46(52)47-20-5-9-25-53(47)67)45-35-38-64-59(41-45)68(57-29-13-15-32-62(57)71-64)54-26-10-6-21-48(54)49-22-7-11-27-55(49)68/h1-41H. The summed E-state index contributed by atoms with van der Waals surface area (Å²) >= 11 is 5.71. The van der Waals surface area contributed by atoms with Gasteiger partial charge in [-0.2, -0.15) is 0 Å². The SMILES string of the molecule is c1ccc(-c2ccc3c(c2)sc2c(N(c4ccc5c(c4)C4(c6ccccc6S5)c5ccccc5-c5ccccc54)c4ccc5c(c4)C4(c6ccccc6S5)c5ccccc5-c5ccccc54)cccc23)cc1. The summed E-state index contributed by atoms with van der Waals surface area (Å²) in [5.74, 6) is 0. The van der Waals surface area contributed by atoms with E-state index in [2.05, 4.69) is 254 Å². The topological polar surface area (TPSA) is 3.24 Å². The van der Waals surface area contributed by atoms with Gasteiger partial charge in [-0.15, -0.1) is 11.3 Å². The summed E-state index contributed by atoms with van der Waals surface area (Å²) in [6.45, 7) is 0. The van der Waals surface area contributed by atoms with Crippen LogP contribution in [0.1, 0.15) is 44.5 Å². The van der Waals surface area contributed by atoms with Gasteiger partial charge < -0.3 is 4.90 Å². The monoisotopic (exact) mass is 967 g/mol. The average molecular weight is 968 g/mol. The highest BCUT2D eigenvalue weighted by atomic mass is 32.2. The van der Waals surface area contributed by atoms with E-state index < -0.39 is 10.8 Å². The molecule has 0 unspecified atom stereocenters. The van der Waals surface area contributed by atoms with E-state index >= 15 is 0 Å². The molecule has 0 amide bonds. The van der Waals surface area contributed by atoms with Gasteiger partial charge in [0.2, 0.25) is 0 Å². The Morgan fingerprint density at radius 1 is 0.292 bits per heavy atom. The lowest BCUT2D eigenvalue weighted by molar-refractivity contribution is 0.721. The van der Waals surface area contributed by atoms with E-state index in [0.717, 1.165) is 11.4 Å². The third kappa shape index (κ3) is 5.41. The Balaban J connectivity index is 0.988. The van der Waals surface area contributed by atoms with Crippen molar-refractivity contribution in [2.24, 2.45) is 0 Å². The van der Waals surface area contributed by atoms with Crippen LogP contribution in [-0.2, 0) is 10.8 Å².